The number of hydrogen-bond donors (Lipinski definition) is 2. The van der Waals surface area contributed by atoms with E-state index in [-0.39, 0.29) is 31.3 Å². The Morgan fingerprint density at radius 2 is 2.13 bits per heavy atom. The Bertz CT molecular complexity index is 590. The molecule has 1 fully saturated rings. The third-order valence-electron chi connectivity index (χ3n) is 3.66. The second-order valence-electron chi connectivity index (χ2n) is 5.45. The van der Waals surface area contributed by atoms with Gasteiger partial charge in [0, 0.05) is 32.6 Å². The molecule has 0 aliphatic carbocycles. The van der Waals surface area contributed by atoms with Crippen LogP contribution in [-0.4, -0.2) is 36.3 Å². The quantitative estimate of drug-likeness (QED) is 0.850. The Labute approximate surface area is 131 Å². The molecular weight excluding hydrogens is 311 g/mol. The summed E-state index contributed by atoms with van der Waals surface area (Å²) in [6, 6.07) is 4.85. The first-order chi connectivity index (χ1) is 10.8. The number of benzene rings is 1. The van der Waals surface area contributed by atoms with E-state index in [2.05, 4.69) is 5.32 Å². The van der Waals surface area contributed by atoms with Crippen LogP contribution in [0.25, 0.3) is 0 Å². The average Bonchev–Trinajstić information content (AvgIpc) is 2.85. The van der Waals surface area contributed by atoms with Gasteiger partial charge < -0.3 is 16.0 Å². The summed E-state index contributed by atoms with van der Waals surface area (Å²) in [4.78, 5) is 25.2. The molecule has 1 aromatic carbocycles. The molecule has 2 rings (SSSR count). The number of nitrogens with one attached hydrogen (secondary N) is 1. The fourth-order valence-corrected chi connectivity index (χ4v) is 2.51. The first-order valence-electron chi connectivity index (χ1n) is 7.23. The predicted molar refractivity (Wildman–Crippen MR) is 77.0 cm³/mol. The van der Waals surface area contributed by atoms with Crippen molar-refractivity contribution in [2.45, 2.75) is 19.1 Å². The first kappa shape index (κ1) is 17.3. The van der Waals surface area contributed by atoms with Crippen LogP contribution in [-0.2, 0) is 22.3 Å². The van der Waals surface area contributed by atoms with Gasteiger partial charge in [0.1, 0.15) is 0 Å². The molecule has 5 nitrogen and oxygen atoms in total. The van der Waals surface area contributed by atoms with Crippen molar-refractivity contribution < 1.29 is 22.8 Å². The van der Waals surface area contributed by atoms with Crippen LogP contribution in [0.15, 0.2) is 24.3 Å². The van der Waals surface area contributed by atoms with E-state index in [0.717, 1.165) is 12.1 Å². The number of carbonyl (C=O) groups excluding carboxylic acids is 2. The van der Waals surface area contributed by atoms with E-state index in [9.17, 15) is 22.8 Å². The van der Waals surface area contributed by atoms with Crippen LogP contribution in [0.3, 0.4) is 0 Å². The maximum absolute atomic E-state index is 12.7. The van der Waals surface area contributed by atoms with Crippen molar-refractivity contribution in [1.82, 2.24) is 10.2 Å². The van der Waals surface area contributed by atoms with E-state index in [1.807, 2.05) is 0 Å². The number of hydrogen-bond acceptors (Lipinski definition) is 3. The SMILES string of the molecule is NCCNC(=O)C1CC(=O)N(Cc2cccc(C(F)(F)F)c2)C1. The molecule has 1 heterocycles. The van der Waals surface area contributed by atoms with Crippen LogP contribution in [0.4, 0.5) is 13.2 Å². The van der Waals surface area contributed by atoms with Gasteiger partial charge in [-0.25, -0.2) is 0 Å². The van der Waals surface area contributed by atoms with Crippen LogP contribution in [0.5, 0.6) is 0 Å². The molecule has 0 spiro atoms. The number of likely N-dealkylation sites (tertiary alicyclic amines) is 1. The lowest BCUT2D eigenvalue weighted by Crippen LogP contribution is -2.35. The molecule has 1 aromatic rings. The lowest BCUT2D eigenvalue weighted by molar-refractivity contribution is -0.137. The van der Waals surface area contributed by atoms with Gasteiger partial charge in [-0.15, -0.1) is 0 Å². The monoisotopic (exact) mass is 329 g/mol. The molecule has 2 amide bonds. The number of alkyl halides is 3. The second kappa shape index (κ2) is 6.99. The molecule has 1 saturated heterocycles. The van der Waals surface area contributed by atoms with Gasteiger partial charge in [0.05, 0.1) is 11.5 Å². The zero-order valence-electron chi connectivity index (χ0n) is 12.4. The Kier molecular flexibility index (Phi) is 5.25. The lowest BCUT2D eigenvalue weighted by Gasteiger charge is -2.17. The molecule has 0 saturated carbocycles. The summed E-state index contributed by atoms with van der Waals surface area (Å²) < 4.78 is 38.1. The van der Waals surface area contributed by atoms with Crippen molar-refractivity contribution in [3.8, 4) is 0 Å². The molecule has 23 heavy (non-hydrogen) atoms. The molecule has 8 heteroatoms. The largest absolute Gasteiger partial charge is 0.416 e. The summed E-state index contributed by atoms with van der Waals surface area (Å²) in [6.45, 7) is 0.895. The first-order valence-corrected chi connectivity index (χ1v) is 7.23. The maximum Gasteiger partial charge on any atom is 0.416 e. The van der Waals surface area contributed by atoms with Gasteiger partial charge in [-0.3, -0.25) is 9.59 Å². The van der Waals surface area contributed by atoms with Gasteiger partial charge in [0.15, 0.2) is 0 Å². The van der Waals surface area contributed by atoms with Gasteiger partial charge >= 0.3 is 6.18 Å². The summed E-state index contributed by atoms with van der Waals surface area (Å²) in [6.07, 6.45) is -4.36. The van der Waals surface area contributed by atoms with Gasteiger partial charge in [-0.2, -0.15) is 13.2 Å². The summed E-state index contributed by atoms with van der Waals surface area (Å²) in [5.74, 6) is -0.981. The summed E-state index contributed by atoms with van der Waals surface area (Å²) in [7, 11) is 0. The normalized spacial score (nSPS) is 18.3. The Morgan fingerprint density at radius 3 is 2.78 bits per heavy atom. The highest BCUT2D eigenvalue weighted by atomic mass is 19.4. The second-order valence-corrected chi connectivity index (χ2v) is 5.45. The molecular formula is C15H18F3N3O2. The highest BCUT2D eigenvalue weighted by Crippen LogP contribution is 2.30. The third-order valence-corrected chi connectivity index (χ3v) is 3.66. The fraction of sp³-hybridized carbons (Fsp3) is 0.467. The number of rotatable bonds is 5. The molecule has 0 bridgehead atoms. The van der Waals surface area contributed by atoms with Crippen molar-refractivity contribution >= 4 is 11.8 Å². The Hall–Kier alpha value is -2.09. The van der Waals surface area contributed by atoms with Crippen LogP contribution in [0.1, 0.15) is 17.5 Å². The highest BCUT2D eigenvalue weighted by molar-refractivity contribution is 5.89. The van der Waals surface area contributed by atoms with Crippen molar-refractivity contribution in [1.29, 1.82) is 0 Å². The molecule has 3 N–H and O–H groups in total. The summed E-state index contributed by atoms with van der Waals surface area (Å²) >= 11 is 0. The van der Waals surface area contributed by atoms with Crippen LogP contribution < -0.4 is 11.1 Å². The van der Waals surface area contributed by atoms with E-state index < -0.39 is 17.7 Å². The zero-order valence-corrected chi connectivity index (χ0v) is 12.4. The third kappa shape index (κ3) is 4.44. The van der Waals surface area contributed by atoms with E-state index in [1.165, 1.54) is 17.0 Å². The smallest absolute Gasteiger partial charge is 0.355 e. The lowest BCUT2D eigenvalue weighted by atomic mass is 10.1. The molecule has 0 radical (unpaired) electrons. The van der Waals surface area contributed by atoms with Crippen molar-refractivity contribution in [3.63, 3.8) is 0 Å². The predicted octanol–water partition coefficient (Wildman–Crippen LogP) is 1.13. The van der Waals surface area contributed by atoms with Gasteiger partial charge in [0.25, 0.3) is 0 Å². The van der Waals surface area contributed by atoms with Crippen molar-refractivity contribution in [2.24, 2.45) is 11.7 Å². The minimum absolute atomic E-state index is 0.0590. The molecule has 1 atom stereocenters. The van der Waals surface area contributed by atoms with Gasteiger partial charge in [0.2, 0.25) is 11.8 Å². The van der Waals surface area contributed by atoms with Crippen LogP contribution in [0.2, 0.25) is 0 Å². The molecule has 1 aliphatic rings. The Balaban J connectivity index is 2.01. The topological polar surface area (TPSA) is 75.4 Å². The minimum atomic E-state index is -4.42. The van der Waals surface area contributed by atoms with E-state index >= 15 is 0 Å². The van der Waals surface area contributed by atoms with Crippen LogP contribution >= 0.6 is 0 Å². The number of amides is 2. The standard InChI is InChI=1S/C15H18F3N3O2/c16-15(17,18)12-3-1-2-10(6-12)8-21-9-11(7-13(21)22)14(23)20-5-4-19/h1-3,6,11H,4-5,7-9,19H2,(H,20,23). The number of carbonyl (C=O) groups is 2. The summed E-state index contributed by atoms with van der Waals surface area (Å²) in [5.41, 5.74) is 4.93. The highest BCUT2D eigenvalue weighted by Gasteiger charge is 2.35. The fourth-order valence-electron chi connectivity index (χ4n) is 2.51. The molecule has 1 unspecified atom stereocenters. The average molecular weight is 329 g/mol. The van der Waals surface area contributed by atoms with Crippen molar-refractivity contribution in [3.05, 3.63) is 35.4 Å². The molecule has 126 valence electrons. The van der Waals surface area contributed by atoms with E-state index in [0.29, 0.717) is 18.7 Å². The number of nitrogens with zero attached hydrogens (tertiary/aromatic N) is 1. The number of nitrogens with two attached hydrogens (primary N) is 1. The van der Waals surface area contributed by atoms with Gasteiger partial charge in [-0.05, 0) is 17.7 Å². The summed E-state index contributed by atoms with van der Waals surface area (Å²) in [5, 5.41) is 2.62. The zero-order chi connectivity index (χ0) is 17.0. The van der Waals surface area contributed by atoms with E-state index in [1.54, 1.807) is 0 Å². The van der Waals surface area contributed by atoms with Crippen molar-refractivity contribution in [2.75, 3.05) is 19.6 Å². The molecule has 1 aliphatic heterocycles. The molecule has 0 aromatic heterocycles. The van der Waals surface area contributed by atoms with Crippen LogP contribution in [0, 0.1) is 5.92 Å². The minimum Gasteiger partial charge on any atom is -0.355 e. The number of halogens is 3. The van der Waals surface area contributed by atoms with E-state index in [4.69, 9.17) is 5.73 Å². The van der Waals surface area contributed by atoms with Gasteiger partial charge in [-0.1, -0.05) is 12.1 Å². The Morgan fingerprint density at radius 1 is 1.39 bits per heavy atom. The maximum atomic E-state index is 12.7.